The summed E-state index contributed by atoms with van der Waals surface area (Å²) in [6.45, 7) is 0. The Kier molecular flexibility index (Phi) is 5.56. The van der Waals surface area contributed by atoms with Gasteiger partial charge in [0.15, 0.2) is 0 Å². The maximum atomic E-state index is 13.5. The first-order valence-corrected chi connectivity index (χ1v) is 10.9. The molecule has 3 N–H and O–H groups in total. The van der Waals surface area contributed by atoms with Crippen LogP contribution < -0.4 is 10.2 Å². The number of carbonyl (C=O) groups is 2. The Morgan fingerprint density at radius 2 is 1.85 bits per heavy atom. The number of pyridine rings is 2. The fraction of sp³-hybridized carbons (Fsp3) is 0.200. The molecule has 9 nitrogen and oxygen atoms in total. The molecule has 3 aromatic heterocycles. The largest absolute Gasteiger partial charge is 0.478 e. The highest BCUT2D eigenvalue weighted by atomic mass is 16.4. The van der Waals surface area contributed by atoms with Crippen LogP contribution >= 0.6 is 0 Å². The zero-order chi connectivity index (χ0) is 23.8. The molecule has 1 amide bonds. The van der Waals surface area contributed by atoms with Crippen molar-refractivity contribution in [2.45, 2.75) is 25.1 Å². The standard InChI is InChI=1S/C25H23N5O4/c1-26-23(31)16-4-2-15(3-5-16)20-14-28-29-11-10-17(12-21(20)29)24(32)30(19-7-8-19)22-9-6-18(13-27-22)25(33)34/h2-6,9-14,19,23,26,31H,7-8H2,1H3,(H,33,34). The third kappa shape index (κ3) is 4.02. The van der Waals surface area contributed by atoms with Gasteiger partial charge in [0.1, 0.15) is 12.0 Å². The van der Waals surface area contributed by atoms with Crippen LogP contribution in [0.3, 0.4) is 0 Å². The Balaban J connectivity index is 1.48. The van der Waals surface area contributed by atoms with Crippen molar-refractivity contribution in [1.29, 1.82) is 0 Å². The first kappa shape index (κ1) is 21.7. The molecule has 9 heteroatoms. The predicted molar refractivity (Wildman–Crippen MR) is 126 cm³/mol. The molecule has 0 aliphatic heterocycles. The summed E-state index contributed by atoms with van der Waals surface area (Å²) < 4.78 is 1.71. The predicted octanol–water partition coefficient (Wildman–Crippen LogP) is 3.11. The summed E-state index contributed by atoms with van der Waals surface area (Å²) in [7, 11) is 1.68. The zero-order valence-corrected chi connectivity index (χ0v) is 18.4. The molecule has 0 bridgehead atoms. The van der Waals surface area contributed by atoms with Gasteiger partial charge in [-0.3, -0.25) is 15.0 Å². The zero-order valence-electron chi connectivity index (χ0n) is 18.4. The lowest BCUT2D eigenvalue weighted by atomic mass is 10.0. The van der Waals surface area contributed by atoms with E-state index in [0.29, 0.717) is 11.4 Å². The minimum atomic E-state index is -1.06. The van der Waals surface area contributed by atoms with Gasteiger partial charge in [-0.25, -0.2) is 14.3 Å². The number of rotatable bonds is 7. The summed E-state index contributed by atoms with van der Waals surface area (Å²) in [6, 6.07) is 14.1. The van der Waals surface area contributed by atoms with E-state index >= 15 is 0 Å². The lowest BCUT2D eigenvalue weighted by Gasteiger charge is -2.21. The molecule has 1 fully saturated rings. The Morgan fingerprint density at radius 1 is 1.09 bits per heavy atom. The van der Waals surface area contributed by atoms with Crippen molar-refractivity contribution in [1.82, 2.24) is 19.9 Å². The number of aliphatic hydroxyl groups excluding tert-OH is 1. The van der Waals surface area contributed by atoms with Crippen LogP contribution in [0, 0.1) is 0 Å². The molecule has 1 atom stereocenters. The van der Waals surface area contributed by atoms with Crippen LogP contribution in [0.4, 0.5) is 5.82 Å². The molecule has 1 aliphatic rings. The van der Waals surface area contributed by atoms with E-state index < -0.39 is 12.2 Å². The number of nitrogens with one attached hydrogen (secondary N) is 1. The van der Waals surface area contributed by atoms with Gasteiger partial charge in [-0.1, -0.05) is 24.3 Å². The third-order valence-corrected chi connectivity index (χ3v) is 5.95. The summed E-state index contributed by atoms with van der Waals surface area (Å²) in [6.07, 6.45) is 5.77. The lowest BCUT2D eigenvalue weighted by Crippen LogP contribution is -2.33. The molecule has 1 saturated carbocycles. The minimum absolute atomic E-state index is 0.0439. The number of anilines is 1. The number of carboxylic acid groups (broad SMARTS) is 1. The summed E-state index contributed by atoms with van der Waals surface area (Å²) in [4.78, 5) is 30.5. The molecule has 4 aromatic rings. The Bertz CT molecular complexity index is 1360. The lowest BCUT2D eigenvalue weighted by molar-refractivity contribution is 0.0696. The molecule has 0 radical (unpaired) electrons. The van der Waals surface area contributed by atoms with E-state index in [9.17, 15) is 14.7 Å². The fourth-order valence-electron chi connectivity index (χ4n) is 3.93. The molecule has 1 aromatic carbocycles. The Labute approximate surface area is 195 Å². The smallest absolute Gasteiger partial charge is 0.337 e. The summed E-state index contributed by atoms with van der Waals surface area (Å²) >= 11 is 0. The van der Waals surface area contributed by atoms with E-state index in [1.165, 1.54) is 12.3 Å². The van der Waals surface area contributed by atoms with E-state index in [-0.39, 0.29) is 17.5 Å². The topological polar surface area (TPSA) is 120 Å². The monoisotopic (exact) mass is 457 g/mol. The number of aromatic nitrogens is 3. The van der Waals surface area contributed by atoms with E-state index in [2.05, 4.69) is 15.4 Å². The second kappa shape index (κ2) is 8.69. The summed E-state index contributed by atoms with van der Waals surface area (Å²) in [5, 5.41) is 26.3. The fourth-order valence-corrected chi connectivity index (χ4v) is 3.93. The maximum absolute atomic E-state index is 13.5. The minimum Gasteiger partial charge on any atom is -0.478 e. The number of aromatic carboxylic acids is 1. The normalized spacial score (nSPS) is 14.2. The van der Waals surface area contributed by atoms with Crippen LogP contribution in [0.5, 0.6) is 0 Å². The Hall–Kier alpha value is -4.08. The van der Waals surface area contributed by atoms with E-state index in [1.807, 2.05) is 30.3 Å². The van der Waals surface area contributed by atoms with Crippen molar-refractivity contribution < 1.29 is 19.8 Å². The second-order valence-electron chi connectivity index (χ2n) is 8.23. The number of hydrogen-bond acceptors (Lipinski definition) is 6. The van der Waals surface area contributed by atoms with Crippen LogP contribution in [0.1, 0.15) is 45.3 Å². The number of carbonyl (C=O) groups excluding carboxylic acids is 1. The highest BCUT2D eigenvalue weighted by Gasteiger charge is 2.35. The van der Waals surface area contributed by atoms with Crippen molar-refractivity contribution >= 4 is 23.2 Å². The third-order valence-electron chi connectivity index (χ3n) is 5.95. The Morgan fingerprint density at radius 3 is 2.47 bits per heavy atom. The number of carboxylic acids is 1. The van der Waals surface area contributed by atoms with Crippen LogP contribution in [0.25, 0.3) is 16.6 Å². The van der Waals surface area contributed by atoms with Crippen molar-refractivity contribution in [3.05, 3.63) is 83.8 Å². The van der Waals surface area contributed by atoms with Crippen LogP contribution in [0.2, 0.25) is 0 Å². The molecular weight excluding hydrogens is 434 g/mol. The second-order valence-corrected chi connectivity index (χ2v) is 8.23. The van der Waals surface area contributed by atoms with Crippen LogP contribution in [-0.4, -0.2) is 49.8 Å². The molecule has 1 aliphatic carbocycles. The van der Waals surface area contributed by atoms with Crippen LogP contribution in [0.15, 0.2) is 67.1 Å². The van der Waals surface area contributed by atoms with E-state index in [4.69, 9.17) is 5.11 Å². The van der Waals surface area contributed by atoms with Gasteiger partial charge in [-0.2, -0.15) is 5.10 Å². The molecule has 5 rings (SSSR count). The molecule has 0 saturated heterocycles. The molecular formula is C25H23N5O4. The first-order valence-electron chi connectivity index (χ1n) is 10.9. The SMILES string of the molecule is CNC(O)c1ccc(-c2cnn3ccc(C(=O)N(c4ccc(C(=O)O)cn4)C4CC4)cc23)cc1. The highest BCUT2D eigenvalue weighted by molar-refractivity contribution is 6.07. The molecule has 172 valence electrons. The van der Waals surface area contributed by atoms with Gasteiger partial charge in [0.05, 0.1) is 17.3 Å². The number of nitrogens with zero attached hydrogens (tertiary/aromatic N) is 4. The van der Waals surface area contributed by atoms with E-state index in [0.717, 1.165) is 35.0 Å². The number of aliphatic hydroxyl groups is 1. The first-order chi connectivity index (χ1) is 16.5. The van der Waals surface area contributed by atoms with Gasteiger partial charge in [-0.15, -0.1) is 0 Å². The van der Waals surface area contributed by atoms with Crippen molar-refractivity contribution in [2.24, 2.45) is 0 Å². The van der Waals surface area contributed by atoms with Crippen LogP contribution in [-0.2, 0) is 0 Å². The van der Waals surface area contributed by atoms with Gasteiger partial charge >= 0.3 is 5.97 Å². The van der Waals surface area contributed by atoms with E-state index in [1.54, 1.807) is 41.0 Å². The maximum Gasteiger partial charge on any atom is 0.337 e. The molecule has 3 heterocycles. The highest BCUT2D eigenvalue weighted by Crippen LogP contribution is 2.33. The van der Waals surface area contributed by atoms with Crippen molar-refractivity contribution in [2.75, 3.05) is 11.9 Å². The van der Waals surface area contributed by atoms with Crippen molar-refractivity contribution in [3.63, 3.8) is 0 Å². The molecule has 34 heavy (non-hydrogen) atoms. The average Bonchev–Trinajstić information content (AvgIpc) is 3.61. The number of amides is 1. The van der Waals surface area contributed by atoms with Gasteiger partial charge in [0, 0.05) is 29.6 Å². The number of hydrogen-bond donors (Lipinski definition) is 3. The molecule has 1 unspecified atom stereocenters. The summed E-state index contributed by atoms with van der Waals surface area (Å²) in [5.74, 6) is -0.819. The van der Waals surface area contributed by atoms with Gasteiger partial charge in [0.25, 0.3) is 5.91 Å². The number of benzene rings is 1. The number of fused-ring (bicyclic) bond motifs is 1. The van der Waals surface area contributed by atoms with Crippen molar-refractivity contribution in [3.8, 4) is 11.1 Å². The van der Waals surface area contributed by atoms with Gasteiger partial charge < -0.3 is 10.2 Å². The quantitative estimate of drug-likeness (QED) is 0.365. The van der Waals surface area contributed by atoms with Gasteiger partial charge in [0.2, 0.25) is 0 Å². The molecule has 0 spiro atoms. The average molecular weight is 457 g/mol. The van der Waals surface area contributed by atoms with Gasteiger partial charge in [-0.05, 0) is 55.3 Å². The summed E-state index contributed by atoms with van der Waals surface area (Å²) in [5.41, 5.74) is 3.87.